The molecule has 1 unspecified atom stereocenters. The summed E-state index contributed by atoms with van der Waals surface area (Å²) >= 11 is 0. The SMILES string of the molecule is CCCNC(CCC1CCCCC1)Cc1ccccc1F. The lowest BCUT2D eigenvalue weighted by Gasteiger charge is -2.25. The first-order valence-corrected chi connectivity index (χ1v) is 8.76. The monoisotopic (exact) mass is 291 g/mol. The van der Waals surface area contributed by atoms with Crippen LogP contribution in [-0.2, 0) is 6.42 Å². The smallest absolute Gasteiger partial charge is 0.126 e. The molecule has 1 aromatic carbocycles. The Kier molecular flexibility index (Phi) is 7.21. The third-order valence-electron chi connectivity index (χ3n) is 4.76. The molecule has 1 aliphatic rings. The zero-order valence-corrected chi connectivity index (χ0v) is 13.4. The van der Waals surface area contributed by atoms with E-state index in [0.29, 0.717) is 6.04 Å². The van der Waals surface area contributed by atoms with E-state index >= 15 is 0 Å². The van der Waals surface area contributed by atoms with Crippen LogP contribution in [0.4, 0.5) is 4.39 Å². The summed E-state index contributed by atoms with van der Waals surface area (Å²) in [5.74, 6) is 0.851. The van der Waals surface area contributed by atoms with Crippen LogP contribution in [0.1, 0.15) is 63.9 Å². The van der Waals surface area contributed by atoms with Crippen LogP contribution in [-0.4, -0.2) is 12.6 Å². The summed E-state index contributed by atoms with van der Waals surface area (Å²) in [7, 11) is 0. The zero-order valence-electron chi connectivity index (χ0n) is 13.4. The fraction of sp³-hybridized carbons (Fsp3) is 0.684. The largest absolute Gasteiger partial charge is 0.314 e. The van der Waals surface area contributed by atoms with Gasteiger partial charge in [0.25, 0.3) is 0 Å². The van der Waals surface area contributed by atoms with Gasteiger partial charge in [0, 0.05) is 6.04 Å². The molecular formula is C19H30FN. The maximum absolute atomic E-state index is 13.8. The molecule has 2 rings (SSSR count). The number of rotatable bonds is 8. The van der Waals surface area contributed by atoms with Crippen LogP contribution in [0.5, 0.6) is 0 Å². The summed E-state index contributed by atoms with van der Waals surface area (Å²) in [5, 5.41) is 3.62. The average molecular weight is 291 g/mol. The Labute approximate surface area is 129 Å². The Morgan fingerprint density at radius 1 is 1.19 bits per heavy atom. The van der Waals surface area contributed by atoms with E-state index in [9.17, 15) is 4.39 Å². The highest BCUT2D eigenvalue weighted by atomic mass is 19.1. The lowest BCUT2D eigenvalue weighted by molar-refractivity contribution is 0.311. The van der Waals surface area contributed by atoms with Gasteiger partial charge in [0.2, 0.25) is 0 Å². The molecule has 2 heteroatoms. The van der Waals surface area contributed by atoms with Crippen LogP contribution in [0.3, 0.4) is 0 Å². The van der Waals surface area contributed by atoms with E-state index in [-0.39, 0.29) is 5.82 Å². The zero-order chi connectivity index (χ0) is 14.9. The molecule has 1 saturated carbocycles. The summed E-state index contributed by atoms with van der Waals surface area (Å²) < 4.78 is 13.8. The molecule has 0 aliphatic heterocycles. The van der Waals surface area contributed by atoms with Gasteiger partial charge in [-0.15, -0.1) is 0 Å². The van der Waals surface area contributed by atoms with E-state index in [4.69, 9.17) is 0 Å². The first-order chi connectivity index (χ1) is 10.3. The van der Waals surface area contributed by atoms with Gasteiger partial charge in [-0.3, -0.25) is 0 Å². The highest BCUT2D eigenvalue weighted by Crippen LogP contribution is 2.28. The maximum Gasteiger partial charge on any atom is 0.126 e. The van der Waals surface area contributed by atoms with Crippen LogP contribution >= 0.6 is 0 Å². The van der Waals surface area contributed by atoms with Gasteiger partial charge in [-0.05, 0) is 49.8 Å². The summed E-state index contributed by atoms with van der Waals surface area (Å²) in [5.41, 5.74) is 0.856. The van der Waals surface area contributed by atoms with E-state index in [1.165, 1.54) is 44.9 Å². The van der Waals surface area contributed by atoms with Crippen LogP contribution in [0, 0.1) is 11.7 Å². The van der Waals surface area contributed by atoms with Crippen molar-refractivity contribution >= 4 is 0 Å². The van der Waals surface area contributed by atoms with E-state index in [1.807, 2.05) is 12.1 Å². The quantitative estimate of drug-likeness (QED) is 0.703. The third-order valence-corrected chi connectivity index (χ3v) is 4.76. The van der Waals surface area contributed by atoms with Gasteiger partial charge in [0.15, 0.2) is 0 Å². The summed E-state index contributed by atoms with van der Waals surface area (Å²) in [4.78, 5) is 0. The lowest BCUT2D eigenvalue weighted by Crippen LogP contribution is -2.32. The highest BCUT2D eigenvalue weighted by molar-refractivity contribution is 5.18. The second-order valence-corrected chi connectivity index (χ2v) is 6.53. The molecule has 118 valence electrons. The Hall–Kier alpha value is -0.890. The van der Waals surface area contributed by atoms with E-state index < -0.39 is 0 Å². The number of nitrogens with one attached hydrogen (secondary N) is 1. The van der Waals surface area contributed by atoms with Crippen LogP contribution in [0.25, 0.3) is 0 Å². The van der Waals surface area contributed by atoms with Crippen molar-refractivity contribution in [2.75, 3.05) is 6.54 Å². The van der Waals surface area contributed by atoms with Crippen LogP contribution in [0.15, 0.2) is 24.3 Å². The molecule has 0 aromatic heterocycles. The maximum atomic E-state index is 13.8. The molecule has 0 heterocycles. The van der Waals surface area contributed by atoms with Gasteiger partial charge in [0.1, 0.15) is 5.82 Å². The van der Waals surface area contributed by atoms with Crippen LogP contribution in [0.2, 0.25) is 0 Å². The second-order valence-electron chi connectivity index (χ2n) is 6.53. The predicted octanol–water partition coefficient (Wildman–Crippen LogP) is 5.10. The molecule has 0 saturated heterocycles. The minimum Gasteiger partial charge on any atom is -0.314 e. The van der Waals surface area contributed by atoms with Crippen molar-refractivity contribution in [3.8, 4) is 0 Å². The Morgan fingerprint density at radius 3 is 2.67 bits per heavy atom. The van der Waals surface area contributed by atoms with Crippen molar-refractivity contribution < 1.29 is 4.39 Å². The number of halogens is 1. The molecule has 1 fully saturated rings. The number of benzene rings is 1. The molecular weight excluding hydrogens is 261 g/mol. The van der Waals surface area contributed by atoms with E-state index in [0.717, 1.165) is 30.9 Å². The fourth-order valence-corrected chi connectivity index (χ4v) is 3.47. The van der Waals surface area contributed by atoms with Crippen molar-refractivity contribution in [1.29, 1.82) is 0 Å². The topological polar surface area (TPSA) is 12.0 Å². The molecule has 0 bridgehead atoms. The van der Waals surface area contributed by atoms with Gasteiger partial charge >= 0.3 is 0 Å². The minimum atomic E-state index is -0.0570. The van der Waals surface area contributed by atoms with Gasteiger partial charge in [-0.2, -0.15) is 0 Å². The van der Waals surface area contributed by atoms with Crippen molar-refractivity contribution in [2.24, 2.45) is 5.92 Å². The van der Waals surface area contributed by atoms with E-state index in [1.54, 1.807) is 12.1 Å². The summed E-state index contributed by atoms with van der Waals surface area (Å²) in [6.07, 6.45) is 11.5. The predicted molar refractivity (Wildman–Crippen MR) is 88.0 cm³/mol. The van der Waals surface area contributed by atoms with Gasteiger partial charge in [-0.1, -0.05) is 57.2 Å². The molecule has 1 atom stereocenters. The molecule has 0 amide bonds. The number of hydrogen-bond acceptors (Lipinski definition) is 1. The second kappa shape index (κ2) is 9.19. The van der Waals surface area contributed by atoms with Gasteiger partial charge in [0.05, 0.1) is 0 Å². The molecule has 1 N–H and O–H groups in total. The highest BCUT2D eigenvalue weighted by Gasteiger charge is 2.17. The van der Waals surface area contributed by atoms with Crippen molar-refractivity contribution in [2.45, 2.75) is 70.8 Å². The lowest BCUT2D eigenvalue weighted by atomic mass is 9.84. The normalized spacial score (nSPS) is 17.8. The van der Waals surface area contributed by atoms with Gasteiger partial charge in [-0.25, -0.2) is 4.39 Å². The summed E-state index contributed by atoms with van der Waals surface area (Å²) in [6.45, 7) is 3.22. The fourth-order valence-electron chi connectivity index (χ4n) is 3.47. The molecule has 1 aliphatic carbocycles. The first kappa shape index (κ1) is 16.5. The van der Waals surface area contributed by atoms with E-state index in [2.05, 4.69) is 12.2 Å². The van der Waals surface area contributed by atoms with Crippen molar-refractivity contribution in [3.63, 3.8) is 0 Å². The molecule has 21 heavy (non-hydrogen) atoms. The summed E-state index contributed by atoms with van der Waals surface area (Å²) in [6, 6.07) is 7.64. The molecule has 0 radical (unpaired) electrons. The third kappa shape index (κ3) is 5.78. The number of hydrogen-bond donors (Lipinski definition) is 1. The molecule has 1 nitrogen and oxygen atoms in total. The minimum absolute atomic E-state index is 0.0570. The van der Waals surface area contributed by atoms with Crippen molar-refractivity contribution in [3.05, 3.63) is 35.6 Å². The van der Waals surface area contributed by atoms with Crippen molar-refractivity contribution in [1.82, 2.24) is 5.32 Å². The Bertz CT molecular complexity index is 398. The Balaban J connectivity index is 1.86. The van der Waals surface area contributed by atoms with Crippen LogP contribution < -0.4 is 5.32 Å². The van der Waals surface area contributed by atoms with Gasteiger partial charge < -0.3 is 5.32 Å². The Morgan fingerprint density at radius 2 is 1.95 bits per heavy atom. The average Bonchev–Trinajstić information content (AvgIpc) is 2.53. The first-order valence-electron chi connectivity index (χ1n) is 8.76. The molecule has 1 aromatic rings. The molecule has 0 spiro atoms. The standard InChI is InChI=1S/C19H30FN/c1-2-14-21-18(13-12-16-8-4-3-5-9-16)15-17-10-6-7-11-19(17)20/h6-7,10-11,16,18,21H,2-5,8-9,12-15H2,1H3.